The summed E-state index contributed by atoms with van der Waals surface area (Å²) >= 11 is 0. The third-order valence-corrected chi connectivity index (χ3v) is 2.71. The Morgan fingerprint density at radius 1 is 1.13 bits per heavy atom. The van der Waals surface area contributed by atoms with Crippen LogP contribution >= 0.6 is 0 Å². The van der Waals surface area contributed by atoms with Gasteiger partial charge >= 0.3 is 0 Å². The third kappa shape index (κ3) is 2.18. The fourth-order valence-corrected chi connectivity index (χ4v) is 1.95. The Balaban J connectivity index is 2.43. The molecule has 0 saturated carbocycles. The van der Waals surface area contributed by atoms with Gasteiger partial charge in [0, 0.05) is 6.54 Å². The minimum Gasteiger partial charge on any atom is -0.313 e. The molecule has 0 heterocycles. The van der Waals surface area contributed by atoms with Crippen molar-refractivity contribution in [2.75, 3.05) is 6.54 Å². The van der Waals surface area contributed by atoms with Gasteiger partial charge in [-0.25, -0.2) is 0 Å². The zero-order valence-electron chi connectivity index (χ0n) is 9.38. The Labute approximate surface area is 91.1 Å². The lowest BCUT2D eigenvalue weighted by molar-refractivity contribution is 0.727. The van der Waals surface area contributed by atoms with Crippen molar-refractivity contribution in [1.82, 2.24) is 5.32 Å². The Morgan fingerprint density at radius 2 is 1.93 bits per heavy atom. The van der Waals surface area contributed by atoms with Crippen molar-refractivity contribution >= 4 is 10.8 Å². The van der Waals surface area contributed by atoms with Crippen molar-refractivity contribution in [3.05, 3.63) is 47.5 Å². The molecule has 2 rings (SSSR count). The van der Waals surface area contributed by atoms with E-state index < -0.39 is 0 Å². The van der Waals surface area contributed by atoms with Crippen molar-refractivity contribution in [1.29, 1.82) is 0 Å². The van der Waals surface area contributed by atoms with E-state index in [2.05, 4.69) is 55.6 Å². The number of aryl methyl sites for hydroxylation is 1. The van der Waals surface area contributed by atoms with Crippen molar-refractivity contribution in [3.63, 3.8) is 0 Å². The quantitative estimate of drug-likeness (QED) is 0.800. The van der Waals surface area contributed by atoms with E-state index in [-0.39, 0.29) is 0 Å². The molecule has 0 aliphatic carbocycles. The van der Waals surface area contributed by atoms with Gasteiger partial charge in [0.1, 0.15) is 0 Å². The largest absolute Gasteiger partial charge is 0.313 e. The molecule has 0 saturated heterocycles. The molecule has 1 nitrogen and oxygen atoms in total. The van der Waals surface area contributed by atoms with Crippen LogP contribution in [0.25, 0.3) is 10.8 Å². The van der Waals surface area contributed by atoms with Crippen molar-refractivity contribution < 1.29 is 0 Å². The summed E-state index contributed by atoms with van der Waals surface area (Å²) in [4.78, 5) is 0. The lowest BCUT2D eigenvalue weighted by Crippen LogP contribution is -2.11. The van der Waals surface area contributed by atoms with E-state index in [9.17, 15) is 0 Å². The van der Waals surface area contributed by atoms with E-state index in [1.54, 1.807) is 0 Å². The molecule has 0 fully saturated rings. The summed E-state index contributed by atoms with van der Waals surface area (Å²) in [7, 11) is 0. The second kappa shape index (κ2) is 4.45. The number of hydrogen-bond donors (Lipinski definition) is 1. The highest BCUT2D eigenvalue weighted by atomic mass is 14.8. The van der Waals surface area contributed by atoms with Crippen LogP contribution in [0.1, 0.15) is 18.1 Å². The molecule has 78 valence electrons. The lowest BCUT2D eigenvalue weighted by atomic mass is 10.0. The summed E-state index contributed by atoms with van der Waals surface area (Å²) in [5.74, 6) is 0. The van der Waals surface area contributed by atoms with E-state index in [4.69, 9.17) is 0 Å². The molecule has 0 aliphatic rings. The molecule has 0 aromatic heterocycles. The summed E-state index contributed by atoms with van der Waals surface area (Å²) in [5.41, 5.74) is 2.73. The Hall–Kier alpha value is -1.34. The van der Waals surface area contributed by atoms with Gasteiger partial charge in [0.05, 0.1) is 0 Å². The molecule has 2 aromatic carbocycles. The molecule has 0 atom stereocenters. The highest BCUT2D eigenvalue weighted by Gasteiger charge is 1.99. The molecule has 15 heavy (non-hydrogen) atoms. The monoisotopic (exact) mass is 199 g/mol. The van der Waals surface area contributed by atoms with Crippen LogP contribution in [0.3, 0.4) is 0 Å². The minimum atomic E-state index is 0.960. The fraction of sp³-hybridized carbons (Fsp3) is 0.286. The second-order valence-electron chi connectivity index (χ2n) is 3.91. The van der Waals surface area contributed by atoms with E-state index in [1.807, 2.05) is 0 Å². The number of rotatable bonds is 3. The summed E-state index contributed by atoms with van der Waals surface area (Å²) in [6, 6.07) is 13.1. The van der Waals surface area contributed by atoms with Gasteiger partial charge in [-0.2, -0.15) is 0 Å². The van der Waals surface area contributed by atoms with Gasteiger partial charge in [0.15, 0.2) is 0 Å². The van der Waals surface area contributed by atoms with Gasteiger partial charge in [-0.05, 0) is 41.4 Å². The van der Waals surface area contributed by atoms with Crippen LogP contribution in [0.5, 0.6) is 0 Å². The van der Waals surface area contributed by atoms with Crippen molar-refractivity contribution in [2.24, 2.45) is 0 Å². The average molecular weight is 199 g/mol. The van der Waals surface area contributed by atoms with E-state index in [1.165, 1.54) is 21.9 Å². The highest BCUT2D eigenvalue weighted by molar-refractivity contribution is 5.86. The Morgan fingerprint density at radius 3 is 2.73 bits per heavy atom. The van der Waals surface area contributed by atoms with Crippen LogP contribution in [0.15, 0.2) is 36.4 Å². The van der Waals surface area contributed by atoms with Gasteiger partial charge in [0.25, 0.3) is 0 Å². The molecule has 0 spiro atoms. The predicted molar refractivity (Wildman–Crippen MR) is 66.1 cm³/mol. The summed E-state index contributed by atoms with van der Waals surface area (Å²) < 4.78 is 0. The number of fused-ring (bicyclic) bond motifs is 1. The SMILES string of the molecule is CCNCc1cc(C)c2ccccc2c1. The van der Waals surface area contributed by atoms with E-state index in [0.717, 1.165) is 13.1 Å². The molecule has 1 heteroatoms. The average Bonchev–Trinajstić information content (AvgIpc) is 2.26. The standard InChI is InChI=1S/C14H17N/c1-3-15-10-12-8-11(2)14-7-5-4-6-13(14)9-12/h4-9,15H,3,10H2,1-2H3. The van der Waals surface area contributed by atoms with Crippen LogP contribution in [0.4, 0.5) is 0 Å². The van der Waals surface area contributed by atoms with Gasteiger partial charge in [0.2, 0.25) is 0 Å². The highest BCUT2D eigenvalue weighted by Crippen LogP contribution is 2.20. The first-order valence-electron chi connectivity index (χ1n) is 5.50. The first kappa shape index (κ1) is 10.2. The summed E-state index contributed by atoms with van der Waals surface area (Å²) in [6.45, 7) is 6.29. The molecule has 0 bridgehead atoms. The van der Waals surface area contributed by atoms with E-state index in [0.29, 0.717) is 0 Å². The van der Waals surface area contributed by atoms with Gasteiger partial charge in [-0.15, -0.1) is 0 Å². The number of nitrogens with one attached hydrogen (secondary N) is 1. The smallest absolute Gasteiger partial charge is 0.0205 e. The minimum absolute atomic E-state index is 0.960. The van der Waals surface area contributed by atoms with Crippen molar-refractivity contribution in [3.8, 4) is 0 Å². The Bertz CT molecular complexity index is 460. The zero-order chi connectivity index (χ0) is 10.7. The first-order chi connectivity index (χ1) is 7.31. The molecule has 0 unspecified atom stereocenters. The molecule has 0 aliphatic heterocycles. The van der Waals surface area contributed by atoms with Crippen LogP contribution in [0, 0.1) is 6.92 Å². The molecular weight excluding hydrogens is 182 g/mol. The maximum absolute atomic E-state index is 3.36. The predicted octanol–water partition coefficient (Wildman–Crippen LogP) is 3.26. The van der Waals surface area contributed by atoms with Crippen LogP contribution in [-0.2, 0) is 6.54 Å². The van der Waals surface area contributed by atoms with Crippen LogP contribution in [0.2, 0.25) is 0 Å². The van der Waals surface area contributed by atoms with Gasteiger partial charge in [-0.3, -0.25) is 0 Å². The Kier molecular flexibility index (Phi) is 3.02. The topological polar surface area (TPSA) is 12.0 Å². The van der Waals surface area contributed by atoms with Crippen LogP contribution in [-0.4, -0.2) is 6.54 Å². The first-order valence-corrected chi connectivity index (χ1v) is 5.50. The number of benzene rings is 2. The van der Waals surface area contributed by atoms with Gasteiger partial charge in [-0.1, -0.05) is 37.3 Å². The van der Waals surface area contributed by atoms with Crippen LogP contribution < -0.4 is 5.32 Å². The van der Waals surface area contributed by atoms with Gasteiger partial charge < -0.3 is 5.32 Å². The number of hydrogen-bond acceptors (Lipinski definition) is 1. The molecule has 1 N–H and O–H groups in total. The summed E-state index contributed by atoms with van der Waals surface area (Å²) in [6.07, 6.45) is 0. The fourth-order valence-electron chi connectivity index (χ4n) is 1.95. The maximum Gasteiger partial charge on any atom is 0.0205 e. The molecule has 0 radical (unpaired) electrons. The van der Waals surface area contributed by atoms with E-state index >= 15 is 0 Å². The molecule has 0 amide bonds. The lowest BCUT2D eigenvalue weighted by Gasteiger charge is -2.07. The second-order valence-corrected chi connectivity index (χ2v) is 3.91. The molecule has 2 aromatic rings. The molecular formula is C14H17N. The van der Waals surface area contributed by atoms with Crippen molar-refractivity contribution in [2.45, 2.75) is 20.4 Å². The maximum atomic E-state index is 3.36. The normalized spacial score (nSPS) is 10.8. The zero-order valence-corrected chi connectivity index (χ0v) is 9.38. The third-order valence-electron chi connectivity index (χ3n) is 2.71. The summed E-state index contributed by atoms with van der Waals surface area (Å²) in [5, 5.41) is 6.05.